The van der Waals surface area contributed by atoms with E-state index in [-0.39, 0.29) is 30.1 Å². The van der Waals surface area contributed by atoms with Crippen LogP contribution in [0.2, 0.25) is 0 Å². The van der Waals surface area contributed by atoms with Crippen LogP contribution in [0.1, 0.15) is 31.2 Å². The number of benzene rings is 2. The lowest BCUT2D eigenvalue weighted by atomic mass is 10.1. The van der Waals surface area contributed by atoms with Crippen LogP contribution in [0.15, 0.2) is 65.7 Å². The number of halogens is 1. The number of hydrogen-bond donors (Lipinski definition) is 1. The Morgan fingerprint density at radius 1 is 0.968 bits per heavy atom. The second kappa shape index (κ2) is 15.1. The molecular formula is C25H36IN3O2. The largest absolute Gasteiger partial charge is 0.490 e. The summed E-state index contributed by atoms with van der Waals surface area (Å²) < 4.78 is 11.9. The molecule has 0 radical (unpaired) electrons. The molecule has 2 aromatic rings. The maximum Gasteiger partial charge on any atom is 0.193 e. The van der Waals surface area contributed by atoms with Crippen molar-refractivity contribution in [2.75, 3.05) is 39.9 Å². The minimum Gasteiger partial charge on any atom is -0.490 e. The van der Waals surface area contributed by atoms with E-state index in [1.54, 1.807) is 0 Å². The fraction of sp³-hybridized carbons (Fsp3) is 0.480. The van der Waals surface area contributed by atoms with Gasteiger partial charge >= 0.3 is 0 Å². The van der Waals surface area contributed by atoms with Gasteiger partial charge < -0.3 is 19.7 Å². The molecule has 0 aliphatic carbocycles. The highest BCUT2D eigenvalue weighted by molar-refractivity contribution is 14.0. The van der Waals surface area contributed by atoms with Gasteiger partial charge in [0.05, 0.1) is 6.61 Å². The Bertz CT molecular complexity index is 735. The number of nitrogens with one attached hydrogen (secondary N) is 1. The molecule has 31 heavy (non-hydrogen) atoms. The molecular weight excluding hydrogens is 501 g/mol. The lowest BCUT2D eigenvalue weighted by Crippen LogP contribution is -2.47. The highest BCUT2D eigenvalue weighted by Gasteiger charge is 2.22. The quantitative estimate of drug-likeness (QED) is 0.206. The van der Waals surface area contributed by atoms with Crippen molar-refractivity contribution in [3.8, 4) is 5.75 Å². The standard InChI is InChI=1S/C25H35N3O2.HI/c1-26-25(27-17-8-9-20-29-21-16-22-10-4-2-5-11-22)28-18-14-24(15-19-28)30-23-12-6-3-7-13-23;/h2-7,10-13,24H,8-9,14-21H2,1H3,(H,26,27);1H. The van der Waals surface area contributed by atoms with Crippen LogP contribution >= 0.6 is 24.0 Å². The fourth-order valence-corrected chi connectivity index (χ4v) is 3.68. The first-order chi connectivity index (χ1) is 14.8. The summed E-state index contributed by atoms with van der Waals surface area (Å²) in [6, 6.07) is 20.6. The second-order valence-corrected chi connectivity index (χ2v) is 7.65. The Morgan fingerprint density at radius 2 is 1.65 bits per heavy atom. The molecule has 0 saturated carbocycles. The molecule has 1 heterocycles. The van der Waals surface area contributed by atoms with Crippen molar-refractivity contribution in [3.05, 3.63) is 66.2 Å². The summed E-state index contributed by atoms with van der Waals surface area (Å²) in [7, 11) is 1.86. The van der Waals surface area contributed by atoms with Gasteiger partial charge in [-0.25, -0.2) is 0 Å². The zero-order valence-electron chi connectivity index (χ0n) is 18.5. The molecule has 3 rings (SSSR count). The van der Waals surface area contributed by atoms with E-state index in [0.717, 1.165) is 76.7 Å². The first-order valence-electron chi connectivity index (χ1n) is 11.1. The van der Waals surface area contributed by atoms with Crippen LogP contribution in [-0.2, 0) is 11.2 Å². The maximum atomic E-state index is 6.09. The van der Waals surface area contributed by atoms with Gasteiger partial charge in [-0.1, -0.05) is 48.5 Å². The molecule has 5 nitrogen and oxygen atoms in total. The molecule has 0 spiro atoms. The summed E-state index contributed by atoms with van der Waals surface area (Å²) in [5, 5.41) is 3.50. The molecule has 0 aromatic heterocycles. The summed E-state index contributed by atoms with van der Waals surface area (Å²) in [5.74, 6) is 1.96. The Hall–Kier alpha value is -1.80. The Morgan fingerprint density at radius 3 is 2.32 bits per heavy atom. The maximum absolute atomic E-state index is 6.09. The van der Waals surface area contributed by atoms with E-state index in [2.05, 4.69) is 39.5 Å². The third-order valence-corrected chi connectivity index (χ3v) is 5.38. The van der Waals surface area contributed by atoms with Crippen molar-refractivity contribution >= 4 is 29.9 Å². The average molecular weight is 537 g/mol. The predicted octanol–water partition coefficient (Wildman–Crippen LogP) is 4.76. The summed E-state index contributed by atoms with van der Waals surface area (Å²) >= 11 is 0. The molecule has 1 aliphatic rings. The lowest BCUT2D eigenvalue weighted by molar-refractivity contribution is 0.128. The molecule has 6 heteroatoms. The number of para-hydroxylation sites is 1. The predicted molar refractivity (Wildman–Crippen MR) is 139 cm³/mol. The van der Waals surface area contributed by atoms with Gasteiger partial charge in [0.15, 0.2) is 5.96 Å². The zero-order chi connectivity index (χ0) is 20.9. The average Bonchev–Trinajstić information content (AvgIpc) is 2.80. The minimum absolute atomic E-state index is 0. The van der Waals surface area contributed by atoms with Crippen molar-refractivity contribution in [3.63, 3.8) is 0 Å². The third kappa shape index (κ3) is 9.47. The molecule has 1 N–H and O–H groups in total. The molecule has 170 valence electrons. The fourth-order valence-electron chi connectivity index (χ4n) is 3.68. The van der Waals surface area contributed by atoms with E-state index >= 15 is 0 Å². The molecule has 1 fully saturated rings. The summed E-state index contributed by atoms with van der Waals surface area (Å²) in [6.07, 6.45) is 5.45. The Labute approximate surface area is 204 Å². The summed E-state index contributed by atoms with van der Waals surface area (Å²) in [4.78, 5) is 6.80. The highest BCUT2D eigenvalue weighted by Crippen LogP contribution is 2.18. The first-order valence-corrected chi connectivity index (χ1v) is 11.1. The Balaban J connectivity index is 0.00000341. The molecule has 0 amide bonds. The van der Waals surface area contributed by atoms with Crippen molar-refractivity contribution in [2.24, 2.45) is 4.99 Å². The monoisotopic (exact) mass is 537 g/mol. The van der Waals surface area contributed by atoms with E-state index in [9.17, 15) is 0 Å². The van der Waals surface area contributed by atoms with Crippen molar-refractivity contribution in [1.82, 2.24) is 10.2 Å². The number of ether oxygens (including phenoxy) is 2. The topological polar surface area (TPSA) is 46.1 Å². The minimum atomic E-state index is 0. The SMILES string of the molecule is CN=C(NCCCCOCCc1ccccc1)N1CCC(Oc2ccccc2)CC1.I. The number of piperidine rings is 1. The molecule has 1 aliphatic heterocycles. The number of aliphatic imine (C=N–C) groups is 1. The van der Waals surface area contributed by atoms with Gasteiger partial charge in [-0.05, 0) is 37.0 Å². The van der Waals surface area contributed by atoms with Crippen molar-refractivity contribution < 1.29 is 9.47 Å². The van der Waals surface area contributed by atoms with Crippen molar-refractivity contribution in [1.29, 1.82) is 0 Å². The van der Waals surface area contributed by atoms with Gasteiger partial charge in [0.2, 0.25) is 0 Å². The van der Waals surface area contributed by atoms with Gasteiger partial charge in [-0.2, -0.15) is 0 Å². The molecule has 1 saturated heterocycles. The van der Waals surface area contributed by atoms with Crippen LogP contribution in [0.5, 0.6) is 5.75 Å². The van der Waals surface area contributed by atoms with Gasteiger partial charge in [-0.3, -0.25) is 4.99 Å². The number of hydrogen-bond acceptors (Lipinski definition) is 3. The van der Waals surface area contributed by atoms with Gasteiger partial charge in [0, 0.05) is 46.1 Å². The smallest absolute Gasteiger partial charge is 0.193 e. The van der Waals surface area contributed by atoms with E-state index in [4.69, 9.17) is 9.47 Å². The van der Waals surface area contributed by atoms with Crippen molar-refractivity contribution in [2.45, 2.75) is 38.2 Å². The van der Waals surface area contributed by atoms with Gasteiger partial charge in [-0.15, -0.1) is 24.0 Å². The molecule has 0 unspecified atom stereocenters. The first kappa shape index (κ1) is 25.5. The molecule has 0 atom stereocenters. The number of rotatable bonds is 10. The van der Waals surface area contributed by atoms with Crippen LogP contribution in [0, 0.1) is 0 Å². The number of guanidine groups is 1. The second-order valence-electron chi connectivity index (χ2n) is 7.65. The number of likely N-dealkylation sites (tertiary alicyclic amines) is 1. The number of nitrogens with zero attached hydrogens (tertiary/aromatic N) is 2. The highest BCUT2D eigenvalue weighted by atomic mass is 127. The van der Waals surface area contributed by atoms with Crippen LogP contribution in [0.25, 0.3) is 0 Å². The molecule has 0 bridgehead atoms. The van der Waals surface area contributed by atoms with Crippen LogP contribution in [0.4, 0.5) is 0 Å². The van der Waals surface area contributed by atoms with Crippen LogP contribution in [0.3, 0.4) is 0 Å². The molecule has 2 aromatic carbocycles. The van der Waals surface area contributed by atoms with Crippen LogP contribution in [-0.4, -0.2) is 56.9 Å². The third-order valence-electron chi connectivity index (χ3n) is 5.38. The van der Waals surface area contributed by atoms with E-state index in [1.807, 2.05) is 43.4 Å². The van der Waals surface area contributed by atoms with Crippen LogP contribution < -0.4 is 10.1 Å². The van der Waals surface area contributed by atoms with E-state index in [0.29, 0.717) is 0 Å². The summed E-state index contributed by atoms with van der Waals surface area (Å²) in [6.45, 7) is 4.48. The lowest BCUT2D eigenvalue weighted by Gasteiger charge is -2.34. The zero-order valence-corrected chi connectivity index (χ0v) is 20.9. The van der Waals surface area contributed by atoms with Gasteiger partial charge in [0.25, 0.3) is 0 Å². The van der Waals surface area contributed by atoms with E-state index < -0.39 is 0 Å². The van der Waals surface area contributed by atoms with Gasteiger partial charge in [0.1, 0.15) is 11.9 Å². The number of unbranched alkanes of at least 4 members (excludes halogenated alkanes) is 1. The summed E-state index contributed by atoms with van der Waals surface area (Å²) in [5.41, 5.74) is 1.33. The van der Waals surface area contributed by atoms with E-state index in [1.165, 1.54) is 5.56 Å². The Kier molecular flexibility index (Phi) is 12.4. The normalized spacial score (nSPS) is 14.7.